The van der Waals surface area contributed by atoms with Crippen molar-refractivity contribution in [3.63, 3.8) is 0 Å². The average molecular weight is 198 g/mol. The number of hydrogen-bond donors (Lipinski definition) is 1. The topological polar surface area (TPSA) is 24.5 Å². The number of allylic oxidation sites excluding steroid dienone is 1. The highest BCUT2D eigenvalue weighted by Crippen LogP contribution is 2.19. The second kappa shape index (κ2) is 6.04. The summed E-state index contributed by atoms with van der Waals surface area (Å²) in [4.78, 5) is 2.21. The van der Waals surface area contributed by atoms with Gasteiger partial charge >= 0.3 is 0 Å². The third-order valence-corrected chi connectivity index (χ3v) is 2.70. The Morgan fingerprint density at radius 3 is 2.86 bits per heavy atom. The standard InChI is InChI=1S/C11H22N2O/c1-13(2)11-6-4-10(5-7-11)12-8-9-14-3/h6,10,12H,4-5,7-9H2,1-3H3/t10-/m0/s1. The van der Waals surface area contributed by atoms with E-state index in [0.29, 0.717) is 6.04 Å². The van der Waals surface area contributed by atoms with Gasteiger partial charge in [0.1, 0.15) is 0 Å². The van der Waals surface area contributed by atoms with E-state index in [1.165, 1.54) is 18.5 Å². The summed E-state index contributed by atoms with van der Waals surface area (Å²) in [5, 5.41) is 3.49. The van der Waals surface area contributed by atoms with Crippen LogP contribution in [-0.2, 0) is 4.74 Å². The van der Waals surface area contributed by atoms with Gasteiger partial charge in [-0.05, 0) is 19.3 Å². The number of rotatable bonds is 5. The van der Waals surface area contributed by atoms with Crippen LogP contribution in [0.15, 0.2) is 11.8 Å². The van der Waals surface area contributed by atoms with Gasteiger partial charge in [-0.2, -0.15) is 0 Å². The Morgan fingerprint density at radius 1 is 1.57 bits per heavy atom. The molecular weight excluding hydrogens is 176 g/mol. The van der Waals surface area contributed by atoms with Crippen LogP contribution in [0.2, 0.25) is 0 Å². The van der Waals surface area contributed by atoms with Crippen LogP contribution in [0.3, 0.4) is 0 Å². The SMILES string of the molecule is COCCN[C@H]1CC=C(N(C)C)CC1. The summed E-state index contributed by atoms with van der Waals surface area (Å²) in [6.07, 6.45) is 5.93. The first-order chi connectivity index (χ1) is 6.74. The van der Waals surface area contributed by atoms with Crippen molar-refractivity contribution in [3.05, 3.63) is 11.8 Å². The molecule has 0 fully saturated rings. The van der Waals surface area contributed by atoms with E-state index in [1.807, 2.05) is 0 Å². The molecule has 0 heterocycles. The smallest absolute Gasteiger partial charge is 0.0587 e. The highest BCUT2D eigenvalue weighted by Gasteiger charge is 2.14. The fourth-order valence-electron chi connectivity index (χ4n) is 1.78. The Hall–Kier alpha value is -0.540. The third-order valence-electron chi connectivity index (χ3n) is 2.70. The second-order valence-corrected chi connectivity index (χ2v) is 4.01. The van der Waals surface area contributed by atoms with Gasteiger partial charge in [-0.3, -0.25) is 0 Å². The van der Waals surface area contributed by atoms with Gasteiger partial charge in [0.05, 0.1) is 6.61 Å². The predicted molar refractivity (Wildman–Crippen MR) is 59.3 cm³/mol. The minimum Gasteiger partial charge on any atom is -0.383 e. The molecule has 1 aliphatic carbocycles. The molecule has 1 rings (SSSR count). The van der Waals surface area contributed by atoms with E-state index in [4.69, 9.17) is 4.74 Å². The lowest BCUT2D eigenvalue weighted by molar-refractivity contribution is 0.194. The molecule has 0 amide bonds. The molecule has 0 aliphatic heterocycles. The van der Waals surface area contributed by atoms with E-state index in [1.54, 1.807) is 7.11 Å². The van der Waals surface area contributed by atoms with Gasteiger partial charge in [0.15, 0.2) is 0 Å². The molecule has 0 saturated heterocycles. The molecule has 1 aliphatic rings. The molecule has 1 N–H and O–H groups in total. The molecule has 1 atom stereocenters. The van der Waals surface area contributed by atoms with E-state index in [-0.39, 0.29) is 0 Å². The van der Waals surface area contributed by atoms with Crippen molar-refractivity contribution in [2.45, 2.75) is 25.3 Å². The van der Waals surface area contributed by atoms with E-state index >= 15 is 0 Å². The van der Waals surface area contributed by atoms with Gasteiger partial charge < -0.3 is 15.0 Å². The number of nitrogens with zero attached hydrogens (tertiary/aromatic N) is 1. The molecule has 14 heavy (non-hydrogen) atoms. The number of nitrogens with one attached hydrogen (secondary N) is 1. The largest absolute Gasteiger partial charge is 0.383 e. The lowest BCUT2D eigenvalue weighted by Gasteiger charge is -2.26. The first kappa shape index (κ1) is 11.5. The molecule has 0 aromatic carbocycles. The Labute approximate surface area is 87.1 Å². The lowest BCUT2D eigenvalue weighted by Crippen LogP contribution is -2.34. The Morgan fingerprint density at radius 2 is 2.36 bits per heavy atom. The number of ether oxygens (including phenoxy) is 1. The lowest BCUT2D eigenvalue weighted by atomic mass is 9.99. The Bertz CT molecular complexity index is 190. The van der Waals surface area contributed by atoms with E-state index in [0.717, 1.165) is 19.6 Å². The fourth-order valence-corrected chi connectivity index (χ4v) is 1.78. The molecule has 3 heteroatoms. The minimum atomic E-state index is 0.647. The van der Waals surface area contributed by atoms with Crippen LogP contribution in [0.5, 0.6) is 0 Å². The van der Waals surface area contributed by atoms with Gasteiger partial charge in [-0.25, -0.2) is 0 Å². The van der Waals surface area contributed by atoms with Gasteiger partial charge in [0, 0.05) is 39.5 Å². The van der Waals surface area contributed by atoms with Crippen molar-refractivity contribution in [3.8, 4) is 0 Å². The summed E-state index contributed by atoms with van der Waals surface area (Å²) in [6, 6.07) is 0.647. The summed E-state index contributed by atoms with van der Waals surface area (Å²) in [7, 11) is 5.97. The highest BCUT2D eigenvalue weighted by atomic mass is 16.5. The van der Waals surface area contributed by atoms with Crippen LogP contribution >= 0.6 is 0 Å². The van der Waals surface area contributed by atoms with Gasteiger partial charge in [-0.1, -0.05) is 6.08 Å². The number of hydrogen-bond acceptors (Lipinski definition) is 3. The van der Waals surface area contributed by atoms with Crippen LogP contribution < -0.4 is 5.32 Å². The highest BCUT2D eigenvalue weighted by molar-refractivity contribution is 5.05. The van der Waals surface area contributed by atoms with Crippen LogP contribution in [0.4, 0.5) is 0 Å². The summed E-state index contributed by atoms with van der Waals surface area (Å²) in [5.74, 6) is 0. The van der Waals surface area contributed by atoms with Crippen molar-refractivity contribution in [1.29, 1.82) is 0 Å². The van der Waals surface area contributed by atoms with Crippen LogP contribution in [0.1, 0.15) is 19.3 Å². The van der Waals surface area contributed by atoms with Gasteiger partial charge in [0.25, 0.3) is 0 Å². The summed E-state index contributed by atoms with van der Waals surface area (Å²) >= 11 is 0. The molecule has 0 unspecified atom stereocenters. The predicted octanol–water partition coefficient (Wildman–Crippen LogP) is 1.22. The molecule has 0 bridgehead atoms. The van der Waals surface area contributed by atoms with Crippen molar-refractivity contribution in [2.75, 3.05) is 34.4 Å². The quantitative estimate of drug-likeness (QED) is 0.672. The van der Waals surface area contributed by atoms with Gasteiger partial charge in [0.2, 0.25) is 0 Å². The maximum Gasteiger partial charge on any atom is 0.0587 e. The molecule has 0 saturated carbocycles. The fraction of sp³-hybridized carbons (Fsp3) is 0.818. The van der Waals surface area contributed by atoms with Crippen molar-refractivity contribution in [1.82, 2.24) is 10.2 Å². The summed E-state index contributed by atoms with van der Waals surface area (Å²) in [6.45, 7) is 1.77. The van der Waals surface area contributed by atoms with Crippen LogP contribution in [0.25, 0.3) is 0 Å². The molecule has 0 radical (unpaired) electrons. The number of methoxy groups -OCH3 is 1. The zero-order chi connectivity index (χ0) is 10.4. The normalized spacial score (nSPS) is 21.9. The molecule has 3 nitrogen and oxygen atoms in total. The Kier molecular flexibility index (Phi) is 4.98. The third kappa shape index (κ3) is 3.68. The molecular formula is C11H22N2O. The monoisotopic (exact) mass is 198 g/mol. The van der Waals surface area contributed by atoms with Crippen molar-refractivity contribution < 1.29 is 4.74 Å². The maximum atomic E-state index is 5.01. The van der Waals surface area contributed by atoms with E-state index < -0.39 is 0 Å². The molecule has 0 aromatic heterocycles. The zero-order valence-electron chi connectivity index (χ0n) is 9.55. The molecule has 0 aromatic rings. The average Bonchev–Trinajstić information content (AvgIpc) is 2.19. The van der Waals surface area contributed by atoms with Crippen molar-refractivity contribution in [2.24, 2.45) is 0 Å². The molecule has 82 valence electrons. The van der Waals surface area contributed by atoms with Crippen LogP contribution in [-0.4, -0.2) is 45.3 Å². The summed E-state index contributed by atoms with van der Waals surface area (Å²) < 4.78 is 5.01. The van der Waals surface area contributed by atoms with Crippen molar-refractivity contribution >= 4 is 0 Å². The first-order valence-corrected chi connectivity index (χ1v) is 5.32. The second-order valence-electron chi connectivity index (χ2n) is 4.01. The van der Waals surface area contributed by atoms with Gasteiger partial charge in [-0.15, -0.1) is 0 Å². The maximum absolute atomic E-state index is 5.01. The molecule has 0 spiro atoms. The minimum absolute atomic E-state index is 0.647. The Balaban J connectivity index is 2.21. The zero-order valence-corrected chi connectivity index (χ0v) is 9.55. The van der Waals surface area contributed by atoms with E-state index in [9.17, 15) is 0 Å². The first-order valence-electron chi connectivity index (χ1n) is 5.32. The summed E-state index contributed by atoms with van der Waals surface area (Å²) in [5.41, 5.74) is 1.47. The van der Waals surface area contributed by atoms with Crippen LogP contribution in [0, 0.1) is 0 Å². The van der Waals surface area contributed by atoms with E-state index in [2.05, 4.69) is 30.4 Å².